The molecule has 0 saturated carbocycles. The summed E-state index contributed by atoms with van der Waals surface area (Å²) in [6.45, 7) is -0.531. The lowest BCUT2D eigenvalue weighted by Crippen LogP contribution is -2.41. The molecule has 1 N–H and O–H groups in total. The number of nitrogens with one attached hydrogen (secondary N) is 1. The van der Waals surface area contributed by atoms with Gasteiger partial charge in [-0.3, -0.25) is 18.7 Å². The number of hydrogen-bond donors (Lipinski definition) is 1. The van der Waals surface area contributed by atoms with Crippen molar-refractivity contribution in [2.75, 3.05) is 5.32 Å². The molecule has 0 aliphatic carbocycles. The normalized spacial score (nSPS) is 11.3. The van der Waals surface area contributed by atoms with E-state index in [0.717, 1.165) is 14.8 Å². The molecule has 0 aliphatic heterocycles. The van der Waals surface area contributed by atoms with E-state index < -0.39 is 23.0 Å². The zero-order chi connectivity index (χ0) is 22.2. The Morgan fingerprint density at radius 2 is 1.81 bits per heavy atom. The van der Waals surface area contributed by atoms with Gasteiger partial charge < -0.3 is 5.32 Å². The summed E-state index contributed by atoms with van der Waals surface area (Å²) < 4.78 is 17.6. The van der Waals surface area contributed by atoms with Crippen molar-refractivity contribution in [2.24, 2.45) is 0 Å². The Hall–Kier alpha value is -3.63. The Labute approximate surface area is 188 Å². The van der Waals surface area contributed by atoms with Gasteiger partial charge in [0.25, 0.3) is 5.56 Å². The van der Waals surface area contributed by atoms with Crippen molar-refractivity contribution in [3.63, 3.8) is 0 Å². The monoisotopic (exact) mass is 466 g/mol. The molecule has 32 heavy (non-hydrogen) atoms. The molecule has 3 aromatic heterocycles. The molecular weight excluding hydrogens is 451 g/mol. The number of amides is 1. The molecule has 1 amide bonds. The minimum Gasteiger partial charge on any atom is -0.300 e. The highest BCUT2D eigenvalue weighted by atomic mass is 32.1. The lowest BCUT2D eigenvalue weighted by atomic mass is 10.2. The van der Waals surface area contributed by atoms with Gasteiger partial charge in [0.15, 0.2) is 5.13 Å². The van der Waals surface area contributed by atoms with Crippen LogP contribution in [0.25, 0.3) is 20.4 Å². The second-order valence-corrected chi connectivity index (χ2v) is 8.97. The number of benzene rings is 2. The van der Waals surface area contributed by atoms with Crippen LogP contribution in [0, 0.1) is 5.82 Å². The van der Waals surface area contributed by atoms with Gasteiger partial charge in [0.1, 0.15) is 17.1 Å². The number of halogens is 1. The lowest BCUT2D eigenvalue weighted by Gasteiger charge is -2.12. The predicted molar refractivity (Wildman–Crippen MR) is 124 cm³/mol. The molecular formula is C22H15FN4O3S2. The second kappa shape index (κ2) is 8.13. The summed E-state index contributed by atoms with van der Waals surface area (Å²) in [5.74, 6) is -0.958. The molecule has 160 valence electrons. The molecule has 0 fully saturated rings. The van der Waals surface area contributed by atoms with E-state index >= 15 is 0 Å². The Kier molecular flexibility index (Phi) is 5.16. The van der Waals surface area contributed by atoms with Crippen LogP contribution in [0.15, 0.2) is 69.6 Å². The van der Waals surface area contributed by atoms with Crippen molar-refractivity contribution in [2.45, 2.75) is 13.1 Å². The molecule has 0 unspecified atom stereocenters. The van der Waals surface area contributed by atoms with Crippen molar-refractivity contribution in [3.8, 4) is 0 Å². The fourth-order valence-electron chi connectivity index (χ4n) is 3.45. The van der Waals surface area contributed by atoms with E-state index in [9.17, 15) is 18.8 Å². The smallest absolute Gasteiger partial charge is 0.300 e. The first-order valence-corrected chi connectivity index (χ1v) is 11.3. The van der Waals surface area contributed by atoms with E-state index in [1.54, 1.807) is 17.5 Å². The van der Waals surface area contributed by atoms with E-state index in [0.29, 0.717) is 15.3 Å². The molecule has 3 heterocycles. The average Bonchev–Trinajstić information content (AvgIpc) is 3.42. The first-order valence-electron chi connectivity index (χ1n) is 9.61. The maximum atomic E-state index is 14.1. The van der Waals surface area contributed by atoms with Gasteiger partial charge in [0, 0.05) is 5.56 Å². The Balaban J connectivity index is 1.51. The fraction of sp³-hybridized carbons (Fsp3) is 0.0909. The minimum absolute atomic E-state index is 0.216. The molecule has 0 saturated heterocycles. The minimum atomic E-state index is -0.677. The van der Waals surface area contributed by atoms with Gasteiger partial charge in [-0.15, -0.1) is 11.3 Å². The number of fused-ring (bicyclic) bond motifs is 2. The van der Waals surface area contributed by atoms with Gasteiger partial charge in [-0.1, -0.05) is 41.7 Å². The van der Waals surface area contributed by atoms with Crippen LogP contribution >= 0.6 is 22.7 Å². The fourth-order valence-corrected chi connectivity index (χ4v) is 5.18. The van der Waals surface area contributed by atoms with E-state index in [2.05, 4.69) is 10.3 Å². The SMILES string of the molecule is O=C(Cn1c(=O)n(Cc2ccccc2F)c(=O)c2sccc21)Nc1nc2ccccc2s1. The summed E-state index contributed by atoms with van der Waals surface area (Å²) in [6, 6.07) is 15.1. The highest BCUT2D eigenvalue weighted by Crippen LogP contribution is 2.25. The van der Waals surface area contributed by atoms with E-state index in [1.807, 2.05) is 24.3 Å². The van der Waals surface area contributed by atoms with Crippen LogP contribution in [0.2, 0.25) is 0 Å². The molecule has 7 nitrogen and oxygen atoms in total. The first kappa shape index (κ1) is 20.3. The topological polar surface area (TPSA) is 86.0 Å². The van der Waals surface area contributed by atoms with Gasteiger partial charge in [-0.25, -0.2) is 14.2 Å². The predicted octanol–water partition coefficient (Wildman–Crippen LogP) is 3.66. The Bertz CT molecular complexity index is 1570. The van der Waals surface area contributed by atoms with E-state index in [4.69, 9.17) is 0 Å². The van der Waals surface area contributed by atoms with Crippen LogP contribution in [-0.2, 0) is 17.9 Å². The number of rotatable bonds is 5. The molecule has 5 rings (SSSR count). The third-order valence-electron chi connectivity index (χ3n) is 4.96. The molecule has 0 spiro atoms. The molecule has 2 aromatic carbocycles. The van der Waals surface area contributed by atoms with Crippen LogP contribution < -0.4 is 16.6 Å². The maximum absolute atomic E-state index is 14.1. The van der Waals surface area contributed by atoms with Gasteiger partial charge in [-0.2, -0.15) is 0 Å². The van der Waals surface area contributed by atoms with Gasteiger partial charge in [0.05, 0.1) is 22.3 Å². The molecule has 0 aliphatic rings. The second-order valence-electron chi connectivity index (χ2n) is 7.02. The van der Waals surface area contributed by atoms with Crippen molar-refractivity contribution in [1.82, 2.24) is 14.1 Å². The summed E-state index contributed by atoms with van der Waals surface area (Å²) in [6.07, 6.45) is 0. The summed E-state index contributed by atoms with van der Waals surface area (Å²) in [4.78, 5) is 43.2. The average molecular weight is 467 g/mol. The largest absolute Gasteiger partial charge is 0.332 e. The number of anilines is 1. The number of hydrogen-bond acceptors (Lipinski definition) is 6. The van der Waals surface area contributed by atoms with Crippen LogP contribution in [0.1, 0.15) is 5.56 Å². The quantitative estimate of drug-likeness (QED) is 0.428. The van der Waals surface area contributed by atoms with Gasteiger partial charge in [0.2, 0.25) is 5.91 Å². The van der Waals surface area contributed by atoms with Crippen molar-refractivity contribution in [1.29, 1.82) is 0 Å². The summed E-state index contributed by atoms with van der Waals surface area (Å²) >= 11 is 2.50. The molecule has 0 radical (unpaired) electrons. The zero-order valence-corrected chi connectivity index (χ0v) is 18.1. The molecule has 0 bridgehead atoms. The van der Waals surface area contributed by atoms with Gasteiger partial charge >= 0.3 is 5.69 Å². The number of para-hydroxylation sites is 1. The van der Waals surface area contributed by atoms with Gasteiger partial charge in [-0.05, 0) is 29.6 Å². The summed E-state index contributed by atoms with van der Waals surface area (Å²) in [7, 11) is 0. The molecule has 5 aromatic rings. The third kappa shape index (κ3) is 3.63. The van der Waals surface area contributed by atoms with Crippen LogP contribution in [-0.4, -0.2) is 20.0 Å². The number of nitrogens with zero attached hydrogens (tertiary/aromatic N) is 3. The van der Waals surface area contributed by atoms with Crippen molar-refractivity contribution >= 4 is 54.1 Å². The maximum Gasteiger partial charge on any atom is 0.332 e. The Morgan fingerprint density at radius 3 is 2.62 bits per heavy atom. The number of aromatic nitrogens is 3. The summed E-state index contributed by atoms with van der Waals surface area (Å²) in [5.41, 5.74) is 0.167. The van der Waals surface area contributed by atoms with Crippen molar-refractivity contribution in [3.05, 3.63) is 92.2 Å². The first-order chi connectivity index (χ1) is 15.5. The Morgan fingerprint density at radius 1 is 1.03 bits per heavy atom. The van der Waals surface area contributed by atoms with E-state index in [1.165, 1.54) is 45.4 Å². The highest BCUT2D eigenvalue weighted by molar-refractivity contribution is 7.22. The van der Waals surface area contributed by atoms with Crippen molar-refractivity contribution < 1.29 is 9.18 Å². The van der Waals surface area contributed by atoms with Crippen LogP contribution in [0.4, 0.5) is 9.52 Å². The summed E-state index contributed by atoms with van der Waals surface area (Å²) in [5, 5.41) is 4.82. The number of carbonyl (C=O) groups is 1. The highest BCUT2D eigenvalue weighted by Gasteiger charge is 2.18. The van der Waals surface area contributed by atoms with Crippen LogP contribution in [0.3, 0.4) is 0 Å². The van der Waals surface area contributed by atoms with Crippen LogP contribution in [0.5, 0.6) is 0 Å². The third-order valence-corrected chi connectivity index (χ3v) is 6.81. The number of thiazole rings is 1. The number of thiophene rings is 1. The standard InChI is InChI=1S/C22H15FN4O3S2/c23-14-6-2-1-5-13(14)11-27-20(29)19-16(9-10-31-19)26(22(27)30)12-18(28)25-21-24-15-7-3-4-8-17(15)32-21/h1-10H,11-12H2,(H,24,25,28). The molecule has 10 heteroatoms. The lowest BCUT2D eigenvalue weighted by molar-refractivity contribution is -0.116. The number of carbonyl (C=O) groups excluding carboxylic acids is 1. The van der Waals surface area contributed by atoms with E-state index in [-0.39, 0.29) is 18.7 Å². The zero-order valence-electron chi connectivity index (χ0n) is 16.4. The molecule has 0 atom stereocenters.